The first kappa shape index (κ1) is 20.1. The number of benzene rings is 2. The van der Waals surface area contributed by atoms with Crippen molar-refractivity contribution in [3.05, 3.63) is 69.7 Å². The fourth-order valence-electron chi connectivity index (χ4n) is 3.35. The fraction of sp³-hybridized carbons (Fsp3) is 0.400. The highest BCUT2D eigenvalue weighted by atomic mass is 35.5. The van der Waals surface area contributed by atoms with Gasteiger partial charge in [0.1, 0.15) is 24.4 Å². The number of hydrogen-bond acceptors (Lipinski definition) is 6. The van der Waals surface area contributed by atoms with E-state index in [1.807, 2.05) is 12.1 Å². The van der Waals surface area contributed by atoms with Gasteiger partial charge in [-0.3, -0.25) is 0 Å². The average molecular weight is 427 g/mol. The number of fused-ring (bicyclic) bond motifs is 1. The highest BCUT2D eigenvalue weighted by Crippen LogP contribution is 2.39. The molecule has 2 aliphatic heterocycles. The van der Waals surface area contributed by atoms with E-state index in [0.29, 0.717) is 10.0 Å². The Kier molecular flexibility index (Phi) is 6.20. The smallest absolute Gasteiger partial charge is 0.184 e. The summed E-state index contributed by atoms with van der Waals surface area (Å²) >= 11 is 11.9. The maximum absolute atomic E-state index is 10.3. The first-order chi connectivity index (χ1) is 13.5. The van der Waals surface area contributed by atoms with Crippen LogP contribution in [0.3, 0.4) is 0 Å². The predicted octanol–water partition coefficient (Wildman–Crippen LogP) is 3.24. The first-order valence-electron chi connectivity index (χ1n) is 8.93. The van der Waals surface area contributed by atoms with Crippen molar-refractivity contribution in [2.75, 3.05) is 13.2 Å². The molecule has 2 fully saturated rings. The van der Waals surface area contributed by atoms with Crippen LogP contribution in [0.4, 0.5) is 0 Å². The molecule has 150 valence electrons. The summed E-state index contributed by atoms with van der Waals surface area (Å²) < 4.78 is 23.9. The molecule has 2 aliphatic rings. The molecule has 8 heteroatoms. The van der Waals surface area contributed by atoms with Crippen molar-refractivity contribution >= 4 is 23.2 Å². The van der Waals surface area contributed by atoms with Gasteiger partial charge in [-0.05, 0) is 24.3 Å². The van der Waals surface area contributed by atoms with Crippen molar-refractivity contribution in [3.63, 3.8) is 0 Å². The van der Waals surface area contributed by atoms with Crippen molar-refractivity contribution in [2.24, 2.45) is 0 Å². The van der Waals surface area contributed by atoms with Gasteiger partial charge in [0.25, 0.3) is 0 Å². The van der Waals surface area contributed by atoms with Gasteiger partial charge < -0.3 is 29.2 Å². The molecule has 5 unspecified atom stereocenters. The van der Waals surface area contributed by atoms with Gasteiger partial charge in [-0.25, -0.2) is 0 Å². The molecule has 2 N–H and O–H groups in total. The molecule has 0 aromatic heterocycles. The topological polar surface area (TPSA) is 77.4 Å². The molecule has 6 nitrogen and oxygen atoms in total. The van der Waals surface area contributed by atoms with Crippen molar-refractivity contribution < 1.29 is 29.2 Å². The average Bonchev–Trinajstić information content (AvgIpc) is 2.73. The van der Waals surface area contributed by atoms with Gasteiger partial charge in [0, 0.05) is 21.2 Å². The zero-order chi connectivity index (χ0) is 19.7. The highest BCUT2D eigenvalue weighted by molar-refractivity contribution is 6.30. The molecule has 0 bridgehead atoms. The third-order valence-electron chi connectivity index (χ3n) is 4.81. The highest BCUT2D eigenvalue weighted by Gasteiger charge is 2.48. The van der Waals surface area contributed by atoms with E-state index in [4.69, 9.17) is 42.1 Å². The number of rotatable bonds is 4. The number of halogens is 2. The van der Waals surface area contributed by atoms with Crippen LogP contribution in [0.15, 0.2) is 48.5 Å². The summed E-state index contributed by atoms with van der Waals surface area (Å²) in [5.74, 6) is 0. The molecular formula is C20H20Cl2O6. The Bertz CT molecular complexity index is 782. The maximum Gasteiger partial charge on any atom is 0.184 e. The van der Waals surface area contributed by atoms with E-state index < -0.39 is 43.6 Å². The third-order valence-corrected chi connectivity index (χ3v) is 5.32. The van der Waals surface area contributed by atoms with Crippen molar-refractivity contribution in [2.45, 2.75) is 37.0 Å². The Morgan fingerprint density at radius 3 is 2.00 bits per heavy atom. The molecule has 2 aromatic carbocycles. The van der Waals surface area contributed by atoms with Crippen molar-refractivity contribution in [1.29, 1.82) is 0 Å². The van der Waals surface area contributed by atoms with Crippen LogP contribution in [0.25, 0.3) is 0 Å². The van der Waals surface area contributed by atoms with Crippen LogP contribution in [0.5, 0.6) is 0 Å². The van der Waals surface area contributed by atoms with Gasteiger partial charge in [-0.1, -0.05) is 47.5 Å². The molecule has 0 aliphatic carbocycles. The second-order valence-corrected chi connectivity index (χ2v) is 7.60. The van der Waals surface area contributed by atoms with Crippen molar-refractivity contribution in [3.8, 4) is 0 Å². The van der Waals surface area contributed by atoms with Crippen LogP contribution in [-0.4, -0.2) is 47.8 Å². The van der Waals surface area contributed by atoms with E-state index in [1.165, 1.54) is 0 Å². The van der Waals surface area contributed by atoms with Crippen LogP contribution in [-0.2, 0) is 18.9 Å². The van der Waals surface area contributed by atoms with Crippen LogP contribution < -0.4 is 0 Å². The van der Waals surface area contributed by atoms with E-state index >= 15 is 0 Å². The van der Waals surface area contributed by atoms with E-state index in [-0.39, 0.29) is 6.61 Å². The summed E-state index contributed by atoms with van der Waals surface area (Å²) in [7, 11) is 0. The first-order valence-corrected chi connectivity index (χ1v) is 9.68. The van der Waals surface area contributed by atoms with Gasteiger partial charge in [-0.2, -0.15) is 0 Å². The SMILES string of the molecule is OC[C@H](O)C1OC(c2ccc(Cl)cc2)OC2COC(c3ccc(Cl)cc3)OC21. The van der Waals surface area contributed by atoms with E-state index in [0.717, 1.165) is 11.1 Å². The number of hydrogen-bond donors (Lipinski definition) is 2. The zero-order valence-corrected chi connectivity index (χ0v) is 16.3. The Hall–Kier alpha value is -1.22. The van der Waals surface area contributed by atoms with E-state index in [9.17, 15) is 10.2 Å². The normalized spacial score (nSPS) is 31.2. The molecule has 28 heavy (non-hydrogen) atoms. The van der Waals surface area contributed by atoms with Crippen LogP contribution in [0.2, 0.25) is 10.0 Å². The molecule has 6 atom stereocenters. The standard InChI is InChI=1S/C20H20Cl2O6/c21-13-5-1-11(2-6-13)19-25-10-16-18(28-19)17(15(24)9-23)27-20(26-16)12-3-7-14(22)8-4-12/h1-8,15-20,23-24H,9-10H2/t15-,16?,17?,18?,19?,20?/m0/s1. The van der Waals surface area contributed by atoms with Crippen LogP contribution >= 0.6 is 23.2 Å². The predicted molar refractivity (Wildman–Crippen MR) is 102 cm³/mol. The molecule has 4 rings (SSSR count). The fourth-order valence-corrected chi connectivity index (χ4v) is 3.60. The molecule has 2 heterocycles. The monoisotopic (exact) mass is 426 g/mol. The molecule has 2 saturated heterocycles. The summed E-state index contributed by atoms with van der Waals surface area (Å²) in [5.41, 5.74) is 1.54. The summed E-state index contributed by atoms with van der Waals surface area (Å²) in [6, 6.07) is 14.2. The number of aliphatic hydroxyl groups is 2. The Morgan fingerprint density at radius 1 is 0.857 bits per heavy atom. The van der Waals surface area contributed by atoms with E-state index in [2.05, 4.69) is 0 Å². The second kappa shape index (κ2) is 8.65. The zero-order valence-electron chi connectivity index (χ0n) is 14.8. The minimum absolute atomic E-state index is 0.250. The maximum atomic E-state index is 10.3. The molecular weight excluding hydrogens is 407 g/mol. The van der Waals surface area contributed by atoms with E-state index in [1.54, 1.807) is 36.4 Å². The lowest BCUT2D eigenvalue weighted by Crippen LogP contribution is -2.58. The van der Waals surface area contributed by atoms with Gasteiger partial charge in [0.2, 0.25) is 0 Å². The lowest BCUT2D eigenvalue weighted by molar-refractivity contribution is -0.373. The second-order valence-electron chi connectivity index (χ2n) is 6.73. The third kappa shape index (κ3) is 4.20. The molecule has 0 saturated carbocycles. The minimum Gasteiger partial charge on any atom is -0.394 e. The van der Waals surface area contributed by atoms with Crippen LogP contribution in [0.1, 0.15) is 23.7 Å². The molecule has 2 aromatic rings. The van der Waals surface area contributed by atoms with Crippen LogP contribution in [0, 0.1) is 0 Å². The Balaban J connectivity index is 1.55. The summed E-state index contributed by atoms with van der Waals surface area (Å²) in [5, 5.41) is 21.0. The van der Waals surface area contributed by atoms with Gasteiger partial charge in [0.15, 0.2) is 12.6 Å². The lowest BCUT2D eigenvalue weighted by atomic mass is 9.99. The summed E-state index contributed by atoms with van der Waals surface area (Å²) in [6.45, 7) is -0.211. The summed E-state index contributed by atoms with van der Waals surface area (Å²) in [4.78, 5) is 0. The Labute approximate surface area is 172 Å². The largest absolute Gasteiger partial charge is 0.394 e. The van der Waals surface area contributed by atoms with Gasteiger partial charge in [-0.15, -0.1) is 0 Å². The number of aliphatic hydroxyl groups excluding tert-OH is 2. The quantitative estimate of drug-likeness (QED) is 0.781. The molecule has 0 amide bonds. The molecule has 0 radical (unpaired) electrons. The molecule has 0 spiro atoms. The summed E-state index contributed by atoms with van der Waals surface area (Å²) in [6.07, 6.45) is -4.38. The minimum atomic E-state index is -1.13. The van der Waals surface area contributed by atoms with Gasteiger partial charge in [0.05, 0.1) is 13.2 Å². The number of ether oxygens (including phenoxy) is 4. The lowest BCUT2D eigenvalue weighted by Gasteiger charge is -2.47. The Morgan fingerprint density at radius 2 is 1.43 bits per heavy atom. The van der Waals surface area contributed by atoms with Crippen molar-refractivity contribution in [1.82, 2.24) is 0 Å². The van der Waals surface area contributed by atoms with Gasteiger partial charge >= 0.3 is 0 Å².